The third-order valence-corrected chi connectivity index (χ3v) is 8.74. The fourth-order valence-corrected chi connectivity index (χ4v) is 6.53. The Bertz CT molecular complexity index is 1450. The number of aromatic carboxylic acids is 1. The van der Waals surface area contributed by atoms with E-state index in [-0.39, 0.29) is 17.5 Å². The summed E-state index contributed by atoms with van der Waals surface area (Å²) in [6, 6.07) is 12.1. The van der Waals surface area contributed by atoms with Crippen molar-refractivity contribution in [3.8, 4) is 11.1 Å². The number of nitrogens with zero attached hydrogens (tertiary/aromatic N) is 3. The summed E-state index contributed by atoms with van der Waals surface area (Å²) in [5, 5.41) is 13.5. The fourth-order valence-electron chi connectivity index (χ4n) is 6.53. The average Bonchev–Trinajstić information content (AvgIpc) is 3.48. The molecule has 204 valence electrons. The van der Waals surface area contributed by atoms with Crippen molar-refractivity contribution in [2.75, 3.05) is 26.2 Å². The lowest BCUT2D eigenvalue weighted by Gasteiger charge is -2.39. The number of hydrogen-bond donors (Lipinski definition) is 2. The molecule has 0 aliphatic carbocycles. The Morgan fingerprint density at radius 1 is 1.10 bits per heavy atom. The van der Waals surface area contributed by atoms with E-state index >= 15 is 0 Å². The minimum Gasteiger partial charge on any atom is -0.478 e. The number of aryl methyl sites for hydroxylation is 1. The first-order valence-corrected chi connectivity index (χ1v) is 13.8. The van der Waals surface area contributed by atoms with Crippen LogP contribution < -0.4 is 5.32 Å². The molecule has 1 amide bonds. The molecule has 6 rings (SSSR count). The maximum atomic E-state index is 14.6. The molecule has 3 aliphatic heterocycles. The lowest BCUT2D eigenvalue weighted by Crippen LogP contribution is -2.50. The molecular formula is C31H35FN4O3. The lowest BCUT2D eigenvalue weighted by atomic mass is 9.88. The summed E-state index contributed by atoms with van der Waals surface area (Å²) in [5.41, 5.74) is 7.21. The van der Waals surface area contributed by atoms with Gasteiger partial charge in [0, 0.05) is 68.8 Å². The molecular weight excluding hydrogens is 495 g/mol. The molecule has 39 heavy (non-hydrogen) atoms. The zero-order chi connectivity index (χ0) is 27.3. The maximum Gasteiger partial charge on any atom is 0.338 e. The van der Waals surface area contributed by atoms with Crippen LogP contribution in [0.3, 0.4) is 0 Å². The lowest BCUT2D eigenvalue weighted by molar-refractivity contribution is 0.0590. The molecule has 2 N–H and O–H groups in total. The molecule has 4 heterocycles. The van der Waals surface area contributed by atoms with Gasteiger partial charge in [0.1, 0.15) is 6.17 Å². The second-order valence-corrected chi connectivity index (χ2v) is 11.2. The highest BCUT2D eigenvalue weighted by Gasteiger charge is 2.35. The quantitative estimate of drug-likeness (QED) is 0.522. The molecule has 0 radical (unpaired) electrons. The molecule has 0 unspecified atom stereocenters. The molecule has 3 aliphatic rings. The predicted octanol–water partition coefficient (Wildman–Crippen LogP) is 3.96. The van der Waals surface area contributed by atoms with E-state index in [4.69, 9.17) is 0 Å². The number of rotatable bonds is 5. The van der Waals surface area contributed by atoms with Crippen molar-refractivity contribution < 1.29 is 19.1 Å². The van der Waals surface area contributed by atoms with E-state index in [0.717, 1.165) is 29.7 Å². The van der Waals surface area contributed by atoms with Crippen molar-refractivity contribution in [2.24, 2.45) is 7.05 Å². The number of hydrogen-bond acceptors (Lipinski definition) is 4. The fraction of sp³-hybridized carbons (Fsp3) is 0.419. The number of benzene rings is 2. The van der Waals surface area contributed by atoms with E-state index in [1.165, 1.54) is 5.56 Å². The Hall–Kier alpha value is -3.49. The van der Waals surface area contributed by atoms with E-state index in [0.29, 0.717) is 67.9 Å². The third-order valence-electron chi connectivity index (χ3n) is 8.74. The summed E-state index contributed by atoms with van der Waals surface area (Å²) in [7, 11) is 1.83. The van der Waals surface area contributed by atoms with E-state index in [1.807, 2.05) is 47.0 Å². The highest BCUT2D eigenvalue weighted by Crippen LogP contribution is 2.36. The van der Waals surface area contributed by atoms with Crippen LogP contribution in [0.15, 0.2) is 42.6 Å². The highest BCUT2D eigenvalue weighted by atomic mass is 19.1. The number of fused-ring (bicyclic) bond motifs is 2. The third kappa shape index (κ3) is 4.76. The summed E-state index contributed by atoms with van der Waals surface area (Å²) >= 11 is 0. The minimum absolute atomic E-state index is 0.101. The van der Waals surface area contributed by atoms with Crippen molar-refractivity contribution in [1.29, 1.82) is 0 Å². The first kappa shape index (κ1) is 25.8. The van der Waals surface area contributed by atoms with Crippen LogP contribution in [0.2, 0.25) is 0 Å². The number of aromatic nitrogens is 1. The number of amides is 1. The largest absolute Gasteiger partial charge is 0.478 e. The predicted molar refractivity (Wildman–Crippen MR) is 148 cm³/mol. The van der Waals surface area contributed by atoms with Crippen molar-refractivity contribution in [1.82, 2.24) is 19.7 Å². The standard InChI is InChI=1S/C31H35FN4O3/c1-19-29(31(38)39)28(18-34(19)2)26-12-21-7-9-33-14-23(21)13-27(26)30(37)36-15-22-6-4-3-5-20(22)11-25(36)17-35-10-8-24(32)16-35/h3-6,12-13,18,24-25,33H,7-11,14-17H2,1-2H3,(H,38,39)/t24-,25+/m1/s1. The van der Waals surface area contributed by atoms with Gasteiger partial charge in [-0.2, -0.15) is 0 Å². The molecule has 1 aromatic heterocycles. The maximum absolute atomic E-state index is 14.6. The van der Waals surface area contributed by atoms with E-state index < -0.39 is 12.1 Å². The Morgan fingerprint density at radius 3 is 2.64 bits per heavy atom. The number of carboxylic acids is 1. The van der Waals surface area contributed by atoms with Crippen LogP contribution in [0.4, 0.5) is 4.39 Å². The van der Waals surface area contributed by atoms with Gasteiger partial charge >= 0.3 is 5.97 Å². The minimum atomic E-state index is -1.000. The average molecular weight is 531 g/mol. The van der Waals surface area contributed by atoms with Gasteiger partial charge in [-0.25, -0.2) is 9.18 Å². The zero-order valence-electron chi connectivity index (χ0n) is 22.5. The van der Waals surface area contributed by atoms with Gasteiger partial charge in [-0.1, -0.05) is 24.3 Å². The number of likely N-dealkylation sites (tertiary alicyclic amines) is 1. The van der Waals surface area contributed by atoms with E-state index in [1.54, 1.807) is 6.92 Å². The van der Waals surface area contributed by atoms with Gasteiger partial charge in [0.2, 0.25) is 0 Å². The van der Waals surface area contributed by atoms with Crippen LogP contribution in [0, 0.1) is 6.92 Å². The summed E-state index contributed by atoms with van der Waals surface area (Å²) in [4.78, 5) is 31.0. The molecule has 2 atom stereocenters. The molecule has 1 fully saturated rings. The highest BCUT2D eigenvalue weighted by molar-refractivity contribution is 6.05. The van der Waals surface area contributed by atoms with E-state index in [9.17, 15) is 19.1 Å². The van der Waals surface area contributed by atoms with Crippen molar-refractivity contribution in [2.45, 2.75) is 51.5 Å². The molecule has 1 saturated heterocycles. The first-order chi connectivity index (χ1) is 18.8. The zero-order valence-corrected chi connectivity index (χ0v) is 22.5. The van der Waals surface area contributed by atoms with Gasteiger partial charge in [0.15, 0.2) is 0 Å². The van der Waals surface area contributed by atoms with Crippen molar-refractivity contribution in [3.05, 3.63) is 81.7 Å². The summed E-state index contributed by atoms with van der Waals surface area (Å²) in [6.07, 6.45) is 3.07. The summed E-state index contributed by atoms with van der Waals surface area (Å²) < 4.78 is 15.9. The normalized spacial score (nSPS) is 21.1. The Labute approximate surface area is 228 Å². The SMILES string of the molecule is Cc1c(C(=O)O)c(-c2cc3c(cc2C(=O)N2Cc4ccccc4C[C@H]2CN2CC[C@@H](F)C2)CNCC3)cn1C. The van der Waals surface area contributed by atoms with Crippen LogP contribution in [-0.4, -0.2) is 69.7 Å². The summed E-state index contributed by atoms with van der Waals surface area (Å²) in [5.74, 6) is -1.10. The molecule has 7 nitrogen and oxygen atoms in total. The number of carbonyl (C=O) groups is 2. The van der Waals surface area contributed by atoms with Crippen LogP contribution in [-0.2, 0) is 33.0 Å². The van der Waals surface area contributed by atoms with Crippen LogP contribution in [0.1, 0.15) is 55.1 Å². The van der Waals surface area contributed by atoms with Gasteiger partial charge in [0.05, 0.1) is 5.56 Å². The monoisotopic (exact) mass is 530 g/mol. The Morgan fingerprint density at radius 2 is 1.90 bits per heavy atom. The molecule has 0 spiro atoms. The number of halogens is 1. The number of alkyl halides is 1. The molecule has 0 bridgehead atoms. The topological polar surface area (TPSA) is 77.8 Å². The number of nitrogens with one attached hydrogen (secondary N) is 1. The van der Waals surface area contributed by atoms with E-state index in [2.05, 4.69) is 22.3 Å². The van der Waals surface area contributed by atoms with Gasteiger partial charge in [-0.15, -0.1) is 0 Å². The number of carboxylic acid groups (broad SMARTS) is 1. The van der Waals surface area contributed by atoms with Gasteiger partial charge in [0.25, 0.3) is 5.91 Å². The van der Waals surface area contributed by atoms with Crippen LogP contribution in [0.5, 0.6) is 0 Å². The molecule has 0 saturated carbocycles. The Balaban J connectivity index is 1.46. The van der Waals surface area contributed by atoms with Crippen molar-refractivity contribution in [3.63, 3.8) is 0 Å². The molecule has 8 heteroatoms. The number of carbonyl (C=O) groups excluding carboxylic acids is 1. The van der Waals surface area contributed by atoms with Gasteiger partial charge < -0.3 is 19.9 Å². The second kappa shape index (κ2) is 10.2. The molecule has 3 aromatic rings. The second-order valence-electron chi connectivity index (χ2n) is 11.2. The van der Waals surface area contributed by atoms with Gasteiger partial charge in [-0.05, 0) is 72.7 Å². The molecule has 2 aromatic carbocycles. The van der Waals surface area contributed by atoms with Crippen LogP contribution >= 0.6 is 0 Å². The van der Waals surface area contributed by atoms with Crippen LogP contribution in [0.25, 0.3) is 11.1 Å². The van der Waals surface area contributed by atoms with Gasteiger partial charge in [-0.3, -0.25) is 9.69 Å². The summed E-state index contributed by atoms with van der Waals surface area (Å²) in [6.45, 7) is 5.50. The Kier molecular flexibility index (Phi) is 6.77. The smallest absolute Gasteiger partial charge is 0.338 e. The van der Waals surface area contributed by atoms with Crippen molar-refractivity contribution >= 4 is 11.9 Å². The first-order valence-electron chi connectivity index (χ1n) is 13.8.